The van der Waals surface area contributed by atoms with Crippen LogP contribution in [-0.4, -0.2) is 34.5 Å². The topological polar surface area (TPSA) is 68.6 Å². The Kier molecular flexibility index (Phi) is 5.08. The van der Waals surface area contributed by atoms with E-state index >= 15 is 0 Å². The van der Waals surface area contributed by atoms with E-state index in [4.69, 9.17) is 17.0 Å². The van der Waals surface area contributed by atoms with E-state index < -0.39 is 6.61 Å². The van der Waals surface area contributed by atoms with Crippen LogP contribution in [0, 0.1) is 6.92 Å². The fourth-order valence-corrected chi connectivity index (χ4v) is 2.99. The molecule has 0 bridgehead atoms. The second-order valence-electron chi connectivity index (χ2n) is 5.69. The normalized spacial score (nSPS) is 15.6. The molecule has 27 heavy (non-hydrogen) atoms. The number of alkyl halides is 2. The zero-order valence-electron chi connectivity index (χ0n) is 14.7. The molecule has 1 saturated heterocycles. The Bertz CT molecular complexity index is 942. The molecular weight excluding hydrogens is 378 g/mol. The van der Waals surface area contributed by atoms with Crippen molar-refractivity contribution in [2.75, 3.05) is 12.0 Å². The van der Waals surface area contributed by atoms with Crippen molar-refractivity contribution in [1.29, 1.82) is 0 Å². The van der Waals surface area contributed by atoms with E-state index in [0.717, 1.165) is 0 Å². The van der Waals surface area contributed by atoms with Crippen molar-refractivity contribution in [2.24, 2.45) is 7.05 Å². The zero-order valence-corrected chi connectivity index (χ0v) is 15.5. The number of halogens is 2. The number of methoxy groups -OCH3 is 1. The number of aromatic nitrogens is 2. The number of carbonyl (C=O) groups is 1. The predicted octanol–water partition coefficient (Wildman–Crippen LogP) is 2.60. The Morgan fingerprint density at radius 1 is 1.33 bits per heavy atom. The first kappa shape index (κ1) is 18.8. The lowest BCUT2D eigenvalue weighted by Crippen LogP contribution is -2.30. The van der Waals surface area contributed by atoms with Crippen molar-refractivity contribution in [3.8, 4) is 11.5 Å². The Morgan fingerprint density at radius 2 is 2.07 bits per heavy atom. The van der Waals surface area contributed by atoms with Crippen LogP contribution in [0.4, 0.5) is 14.5 Å². The predicted molar refractivity (Wildman–Crippen MR) is 98.8 cm³/mol. The number of anilines is 1. The number of amides is 1. The summed E-state index contributed by atoms with van der Waals surface area (Å²) in [5.74, 6) is -0.316. The highest BCUT2D eigenvalue weighted by Gasteiger charge is 2.33. The number of ether oxygens (including phenoxy) is 2. The van der Waals surface area contributed by atoms with Crippen LogP contribution in [0.25, 0.3) is 6.08 Å². The van der Waals surface area contributed by atoms with Crippen LogP contribution in [0.1, 0.15) is 11.3 Å². The molecule has 3 rings (SSSR count). The fraction of sp³-hybridized carbons (Fsp3) is 0.235. The lowest BCUT2D eigenvalue weighted by Gasteiger charge is -2.12. The maximum Gasteiger partial charge on any atom is 0.387 e. The summed E-state index contributed by atoms with van der Waals surface area (Å²) in [6, 6.07) is 4.36. The molecule has 1 N–H and O–H groups in total. The van der Waals surface area contributed by atoms with E-state index in [1.54, 1.807) is 30.9 Å². The van der Waals surface area contributed by atoms with Crippen LogP contribution >= 0.6 is 12.2 Å². The third-order valence-corrected chi connectivity index (χ3v) is 4.11. The van der Waals surface area contributed by atoms with Gasteiger partial charge >= 0.3 is 6.61 Å². The second kappa shape index (κ2) is 7.31. The first-order valence-electron chi connectivity index (χ1n) is 7.80. The van der Waals surface area contributed by atoms with Gasteiger partial charge in [-0.3, -0.25) is 9.48 Å². The van der Waals surface area contributed by atoms with Gasteiger partial charge in [0.05, 0.1) is 18.5 Å². The molecule has 1 aromatic carbocycles. The minimum Gasteiger partial charge on any atom is -0.493 e. The van der Waals surface area contributed by atoms with Crippen LogP contribution < -0.4 is 19.7 Å². The van der Waals surface area contributed by atoms with Crippen molar-refractivity contribution in [3.05, 3.63) is 41.4 Å². The van der Waals surface area contributed by atoms with Crippen LogP contribution in [0.15, 0.2) is 30.1 Å². The molecule has 0 radical (unpaired) electrons. The molecule has 1 aromatic heterocycles. The highest BCUT2D eigenvalue weighted by atomic mass is 32.1. The smallest absolute Gasteiger partial charge is 0.387 e. The average Bonchev–Trinajstić information content (AvgIpc) is 3.06. The highest BCUT2D eigenvalue weighted by molar-refractivity contribution is 7.80. The molecule has 1 aliphatic heterocycles. The number of thiocarbonyl (C=S) groups is 1. The highest BCUT2D eigenvalue weighted by Crippen LogP contribution is 2.31. The van der Waals surface area contributed by atoms with Gasteiger partial charge in [0.1, 0.15) is 5.70 Å². The van der Waals surface area contributed by atoms with E-state index in [1.807, 2.05) is 0 Å². The van der Waals surface area contributed by atoms with Crippen molar-refractivity contribution in [3.63, 3.8) is 0 Å². The Labute approximate surface area is 159 Å². The molecule has 0 aliphatic carbocycles. The first-order valence-corrected chi connectivity index (χ1v) is 8.21. The number of hydrogen-bond acceptors (Lipinski definition) is 5. The first-order chi connectivity index (χ1) is 12.8. The summed E-state index contributed by atoms with van der Waals surface area (Å²) in [5, 5.41) is 7.30. The van der Waals surface area contributed by atoms with Crippen LogP contribution in [0.3, 0.4) is 0 Å². The van der Waals surface area contributed by atoms with Crippen molar-refractivity contribution >= 4 is 35.0 Å². The molecule has 1 amide bonds. The zero-order chi connectivity index (χ0) is 19.7. The molecule has 142 valence electrons. The number of benzene rings is 1. The van der Waals surface area contributed by atoms with Gasteiger partial charge in [-0.25, -0.2) is 4.90 Å². The minimum absolute atomic E-state index is 0.0940. The number of hydrogen-bond donors (Lipinski definition) is 1. The monoisotopic (exact) mass is 394 g/mol. The quantitative estimate of drug-likeness (QED) is 0.621. The number of carbonyl (C=O) groups excluding carboxylic acids is 1. The lowest BCUT2D eigenvalue weighted by atomic mass is 10.1. The number of nitrogens with zero attached hydrogens (tertiary/aromatic N) is 3. The van der Waals surface area contributed by atoms with Gasteiger partial charge in [0.15, 0.2) is 16.6 Å². The molecular formula is C17H16F2N4O3S. The van der Waals surface area contributed by atoms with Gasteiger partial charge in [0.2, 0.25) is 0 Å². The van der Waals surface area contributed by atoms with Gasteiger partial charge in [-0.15, -0.1) is 0 Å². The minimum atomic E-state index is -2.96. The lowest BCUT2D eigenvalue weighted by molar-refractivity contribution is -0.113. The van der Waals surface area contributed by atoms with E-state index in [-0.39, 0.29) is 28.2 Å². The molecule has 1 aliphatic rings. The SMILES string of the molecule is COc1cc(/C=C2/NC(=S)N(c3cn(C)nc3C)C2=O)ccc1OC(F)F. The summed E-state index contributed by atoms with van der Waals surface area (Å²) in [4.78, 5) is 14.1. The molecule has 0 spiro atoms. The Hall–Kier alpha value is -3.01. The van der Waals surface area contributed by atoms with Crippen LogP contribution in [-0.2, 0) is 11.8 Å². The van der Waals surface area contributed by atoms with E-state index in [9.17, 15) is 13.6 Å². The van der Waals surface area contributed by atoms with Gasteiger partial charge in [0.25, 0.3) is 5.91 Å². The van der Waals surface area contributed by atoms with E-state index in [2.05, 4.69) is 15.2 Å². The third kappa shape index (κ3) is 3.75. The van der Waals surface area contributed by atoms with Crippen molar-refractivity contribution in [2.45, 2.75) is 13.5 Å². The molecule has 2 aromatic rings. The standard InChI is InChI=1S/C17H16F2N4O3S/c1-9-12(8-22(2)21-9)23-15(24)11(20-17(23)27)6-10-4-5-13(26-16(18)19)14(7-10)25-3/h4-8,16H,1-3H3,(H,20,27)/b11-6+. The van der Waals surface area contributed by atoms with Gasteiger partial charge in [0, 0.05) is 13.2 Å². The van der Waals surface area contributed by atoms with Gasteiger partial charge < -0.3 is 14.8 Å². The molecule has 2 heterocycles. The second-order valence-corrected chi connectivity index (χ2v) is 6.08. The van der Waals surface area contributed by atoms with Gasteiger partial charge in [-0.1, -0.05) is 6.07 Å². The number of rotatable bonds is 5. The summed E-state index contributed by atoms with van der Waals surface area (Å²) < 4.78 is 35.9. The van der Waals surface area contributed by atoms with Crippen LogP contribution in [0.5, 0.6) is 11.5 Å². The summed E-state index contributed by atoms with van der Waals surface area (Å²) in [6.07, 6.45) is 3.25. The van der Waals surface area contributed by atoms with Gasteiger partial charge in [-0.05, 0) is 42.9 Å². The van der Waals surface area contributed by atoms with E-state index in [1.165, 1.54) is 30.2 Å². The molecule has 0 saturated carbocycles. The van der Waals surface area contributed by atoms with Crippen molar-refractivity contribution < 1.29 is 23.0 Å². The Balaban J connectivity index is 1.91. The molecule has 1 fully saturated rings. The summed E-state index contributed by atoms with van der Waals surface area (Å²) in [5.41, 5.74) is 2.04. The van der Waals surface area contributed by atoms with E-state index in [0.29, 0.717) is 16.9 Å². The maximum absolute atomic E-state index is 12.8. The van der Waals surface area contributed by atoms with Gasteiger partial charge in [-0.2, -0.15) is 13.9 Å². The molecule has 10 heteroatoms. The molecule has 7 nitrogen and oxygen atoms in total. The summed E-state index contributed by atoms with van der Waals surface area (Å²) in [6.45, 7) is -1.19. The number of aryl methyl sites for hydroxylation is 2. The van der Waals surface area contributed by atoms with Crippen LogP contribution in [0.2, 0.25) is 0 Å². The average molecular weight is 394 g/mol. The summed E-state index contributed by atoms with van der Waals surface area (Å²) >= 11 is 5.27. The fourth-order valence-electron chi connectivity index (χ4n) is 2.69. The molecule has 0 atom stereocenters. The molecule has 0 unspecified atom stereocenters. The van der Waals surface area contributed by atoms with Crippen molar-refractivity contribution in [1.82, 2.24) is 15.1 Å². The number of nitrogens with one attached hydrogen (secondary N) is 1. The maximum atomic E-state index is 12.8. The Morgan fingerprint density at radius 3 is 2.67 bits per heavy atom. The summed E-state index contributed by atoms with van der Waals surface area (Å²) in [7, 11) is 3.09. The largest absolute Gasteiger partial charge is 0.493 e. The third-order valence-electron chi connectivity index (χ3n) is 3.82.